The standard InChI is InChI=1S/C20H23FN2O2/c21-19-9-5-4-8-17(19)14-23(13-16-6-2-1-3-7-16)20(24)12-18-15-25-11-10-22-18/h1-9,18,22H,10-15H2. The van der Waals surface area contributed by atoms with Crippen molar-refractivity contribution in [2.24, 2.45) is 0 Å². The fourth-order valence-electron chi connectivity index (χ4n) is 2.96. The Hall–Kier alpha value is -2.24. The molecule has 3 rings (SSSR count). The van der Waals surface area contributed by atoms with Gasteiger partial charge in [0, 0.05) is 37.7 Å². The second-order valence-corrected chi connectivity index (χ2v) is 6.26. The number of nitrogens with one attached hydrogen (secondary N) is 1. The summed E-state index contributed by atoms with van der Waals surface area (Å²) >= 11 is 0. The number of halogens is 1. The van der Waals surface area contributed by atoms with Crippen LogP contribution in [0.1, 0.15) is 17.5 Å². The molecule has 1 atom stereocenters. The summed E-state index contributed by atoms with van der Waals surface area (Å²) in [5.41, 5.74) is 1.56. The lowest BCUT2D eigenvalue weighted by molar-refractivity contribution is -0.133. The normalized spacial score (nSPS) is 17.2. The summed E-state index contributed by atoms with van der Waals surface area (Å²) in [5, 5.41) is 3.30. The van der Waals surface area contributed by atoms with Gasteiger partial charge < -0.3 is 15.0 Å². The van der Waals surface area contributed by atoms with E-state index in [1.165, 1.54) is 6.07 Å². The second kappa shape index (κ2) is 8.74. The largest absolute Gasteiger partial charge is 0.378 e. The smallest absolute Gasteiger partial charge is 0.224 e. The first kappa shape index (κ1) is 17.6. The molecule has 1 aliphatic rings. The average molecular weight is 342 g/mol. The van der Waals surface area contributed by atoms with Gasteiger partial charge in [0.2, 0.25) is 5.91 Å². The maximum absolute atomic E-state index is 14.0. The number of benzene rings is 2. The highest BCUT2D eigenvalue weighted by atomic mass is 19.1. The Morgan fingerprint density at radius 2 is 1.88 bits per heavy atom. The van der Waals surface area contributed by atoms with Gasteiger partial charge in [0.05, 0.1) is 13.2 Å². The highest BCUT2D eigenvalue weighted by Crippen LogP contribution is 2.15. The molecule has 2 aromatic carbocycles. The molecule has 1 unspecified atom stereocenters. The van der Waals surface area contributed by atoms with Crippen LogP contribution in [0.15, 0.2) is 54.6 Å². The van der Waals surface area contributed by atoms with Crippen LogP contribution < -0.4 is 5.32 Å². The molecule has 0 bridgehead atoms. The van der Waals surface area contributed by atoms with Crippen molar-refractivity contribution in [3.05, 3.63) is 71.5 Å². The van der Waals surface area contributed by atoms with E-state index in [4.69, 9.17) is 4.74 Å². The first-order valence-electron chi connectivity index (χ1n) is 8.58. The van der Waals surface area contributed by atoms with E-state index in [1.54, 1.807) is 23.1 Å². The number of carbonyl (C=O) groups excluding carboxylic acids is 1. The fraction of sp³-hybridized carbons (Fsp3) is 0.350. The van der Waals surface area contributed by atoms with Gasteiger partial charge in [0.1, 0.15) is 5.82 Å². The molecule has 0 aliphatic carbocycles. The van der Waals surface area contributed by atoms with Crippen LogP contribution in [0.3, 0.4) is 0 Å². The number of rotatable bonds is 6. The van der Waals surface area contributed by atoms with E-state index in [1.807, 2.05) is 30.3 Å². The van der Waals surface area contributed by atoms with E-state index in [9.17, 15) is 9.18 Å². The third-order valence-electron chi connectivity index (χ3n) is 4.31. The van der Waals surface area contributed by atoms with Crippen LogP contribution in [0.5, 0.6) is 0 Å². The van der Waals surface area contributed by atoms with Gasteiger partial charge in [-0.1, -0.05) is 48.5 Å². The number of morpholine rings is 1. The Bertz CT molecular complexity index is 687. The molecule has 0 saturated carbocycles. The number of hydrogen-bond acceptors (Lipinski definition) is 3. The fourth-order valence-corrected chi connectivity index (χ4v) is 2.96. The summed E-state index contributed by atoms with van der Waals surface area (Å²) < 4.78 is 19.5. The Balaban J connectivity index is 1.73. The lowest BCUT2D eigenvalue weighted by Crippen LogP contribution is -2.45. The van der Waals surface area contributed by atoms with Crippen LogP contribution in [-0.2, 0) is 22.6 Å². The van der Waals surface area contributed by atoms with Crippen LogP contribution in [0.2, 0.25) is 0 Å². The molecule has 0 radical (unpaired) electrons. The van der Waals surface area contributed by atoms with E-state index in [-0.39, 0.29) is 24.3 Å². The maximum atomic E-state index is 14.0. The van der Waals surface area contributed by atoms with Crippen molar-refractivity contribution in [2.45, 2.75) is 25.6 Å². The quantitative estimate of drug-likeness (QED) is 0.878. The molecule has 1 amide bonds. The van der Waals surface area contributed by atoms with E-state index < -0.39 is 0 Å². The summed E-state index contributed by atoms with van der Waals surface area (Å²) in [6, 6.07) is 16.4. The van der Waals surface area contributed by atoms with Crippen molar-refractivity contribution in [3.63, 3.8) is 0 Å². The number of hydrogen-bond donors (Lipinski definition) is 1. The summed E-state index contributed by atoms with van der Waals surface area (Å²) in [4.78, 5) is 14.6. The Labute approximate surface area is 147 Å². The minimum atomic E-state index is -0.285. The van der Waals surface area contributed by atoms with Gasteiger partial charge >= 0.3 is 0 Å². The van der Waals surface area contributed by atoms with E-state index >= 15 is 0 Å². The molecule has 5 heteroatoms. The number of carbonyl (C=O) groups is 1. The number of amides is 1. The third kappa shape index (κ3) is 5.11. The highest BCUT2D eigenvalue weighted by Gasteiger charge is 2.22. The molecule has 1 N–H and O–H groups in total. The van der Waals surface area contributed by atoms with Crippen molar-refractivity contribution in [3.8, 4) is 0 Å². The molecule has 1 fully saturated rings. The van der Waals surface area contributed by atoms with Crippen LogP contribution in [0, 0.1) is 5.82 Å². The second-order valence-electron chi connectivity index (χ2n) is 6.26. The maximum Gasteiger partial charge on any atom is 0.224 e. The summed E-state index contributed by atoms with van der Waals surface area (Å²) in [6.45, 7) is 2.68. The zero-order valence-corrected chi connectivity index (χ0v) is 14.2. The first-order chi connectivity index (χ1) is 12.2. The zero-order valence-electron chi connectivity index (χ0n) is 14.2. The van der Waals surface area contributed by atoms with Crippen molar-refractivity contribution >= 4 is 5.91 Å². The highest BCUT2D eigenvalue weighted by molar-refractivity contribution is 5.77. The summed E-state index contributed by atoms with van der Waals surface area (Å²) in [6.07, 6.45) is 0.348. The van der Waals surface area contributed by atoms with Gasteiger partial charge in [-0.05, 0) is 11.6 Å². The minimum Gasteiger partial charge on any atom is -0.378 e. The number of nitrogens with zero attached hydrogens (tertiary/aromatic N) is 1. The SMILES string of the molecule is O=C(CC1COCCN1)N(Cc1ccccc1)Cc1ccccc1F. The Morgan fingerprint density at radius 1 is 1.12 bits per heavy atom. The molecule has 2 aromatic rings. The molecular weight excluding hydrogens is 319 g/mol. The topological polar surface area (TPSA) is 41.6 Å². The van der Waals surface area contributed by atoms with E-state index in [0.717, 1.165) is 12.1 Å². The monoisotopic (exact) mass is 342 g/mol. The van der Waals surface area contributed by atoms with Gasteiger partial charge in [-0.25, -0.2) is 4.39 Å². The van der Waals surface area contributed by atoms with Gasteiger partial charge in [-0.15, -0.1) is 0 Å². The Morgan fingerprint density at radius 3 is 2.60 bits per heavy atom. The number of ether oxygens (including phenoxy) is 1. The van der Waals surface area contributed by atoms with E-state index in [0.29, 0.717) is 31.7 Å². The minimum absolute atomic E-state index is 0.00453. The predicted octanol–water partition coefficient (Wildman–Crippen LogP) is 2.73. The molecule has 132 valence electrons. The Kier molecular flexibility index (Phi) is 6.14. The molecule has 1 heterocycles. The van der Waals surface area contributed by atoms with Crippen LogP contribution in [0.4, 0.5) is 4.39 Å². The van der Waals surface area contributed by atoms with Crippen molar-refractivity contribution < 1.29 is 13.9 Å². The third-order valence-corrected chi connectivity index (χ3v) is 4.31. The van der Waals surface area contributed by atoms with Crippen molar-refractivity contribution in [1.29, 1.82) is 0 Å². The summed E-state index contributed by atoms with van der Waals surface area (Å²) in [7, 11) is 0. The van der Waals surface area contributed by atoms with Crippen molar-refractivity contribution in [1.82, 2.24) is 10.2 Å². The predicted molar refractivity (Wildman–Crippen MR) is 94.3 cm³/mol. The average Bonchev–Trinajstić information content (AvgIpc) is 2.64. The van der Waals surface area contributed by atoms with Crippen molar-refractivity contribution in [2.75, 3.05) is 19.8 Å². The van der Waals surface area contributed by atoms with Gasteiger partial charge in [-0.3, -0.25) is 4.79 Å². The lowest BCUT2D eigenvalue weighted by Gasteiger charge is -2.28. The van der Waals surface area contributed by atoms with E-state index in [2.05, 4.69) is 5.32 Å². The first-order valence-corrected chi connectivity index (χ1v) is 8.58. The van der Waals surface area contributed by atoms with Gasteiger partial charge in [-0.2, -0.15) is 0 Å². The van der Waals surface area contributed by atoms with Gasteiger partial charge in [0.15, 0.2) is 0 Å². The molecule has 4 nitrogen and oxygen atoms in total. The molecule has 1 saturated heterocycles. The molecule has 0 spiro atoms. The van der Waals surface area contributed by atoms with Crippen LogP contribution >= 0.6 is 0 Å². The van der Waals surface area contributed by atoms with Gasteiger partial charge in [0.25, 0.3) is 0 Å². The molecule has 0 aromatic heterocycles. The van der Waals surface area contributed by atoms with Crippen LogP contribution in [-0.4, -0.2) is 36.6 Å². The zero-order chi connectivity index (χ0) is 17.5. The summed E-state index contributed by atoms with van der Waals surface area (Å²) in [5.74, 6) is -0.289. The lowest BCUT2D eigenvalue weighted by atomic mass is 10.1. The molecular formula is C20H23FN2O2. The molecule has 1 aliphatic heterocycles. The molecule has 25 heavy (non-hydrogen) atoms. The van der Waals surface area contributed by atoms with Crippen LogP contribution in [0.25, 0.3) is 0 Å².